The van der Waals surface area contributed by atoms with E-state index in [1.807, 2.05) is 0 Å². The molecule has 0 radical (unpaired) electrons. The molecule has 0 unspecified atom stereocenters. The number of pyridine rings is 1. The van der Waals surface area contributed by atoms with E-state index in [1.54, 1.807) is 24.4 Å². The molecule has 0 aliphatic heterocycles. The van der Waals surface area contributed by atoms with Crippen LogP contribution < -0.4 is 10.1 Å². The van der Waals surface area contributed by atoms with Crippen molar-refractivity contribution >= 4 is 11.7 Å². The van der Waals surface area contributed by atoms with Gasteiger partial charge in [-0.05, 0) is 23.8 Å². The molecule has 2 N–H and O–H groups in total. The summed E-state index contributed by atoms with van der Waals surface area (Å²) in [5, 5.41) is 11.8. The van der Waals surface area contributed by atoms with Crippen molar-refractivity contribution in [2.24, 2.45) is 0 Å². The maximum Gasteiger partial charge on any atom is 0.338 e. The predicted molar refractivity (Wildman–Crippen MR) is 71.5 cm³/mol. The van der Waals surface area contributed by atoms with Gasteiger partial charge in [-0.2, -0.15) is 0 Å². The summed E-state index contributed by atoms with van der Waals surface area (Å²) in [5.74, 6) is -1.52. The van der Waals surface area contributed by atoms with Crippen LogP contribution in [0.3, 0.4) is 0 Å². The molecule has 5 nitrogen and oxygen atoms in total. The van der Waals surface area contributed by atoms with Crippen molar-refractivity contribution in [2.75, 3.05) is 12.4 Å². The standard InChI is InChI=1S/C14H13FN2O3/c1-20-13-5-3-10(8-17-13)16-7-9-2-4-11(14(18)19)12(15)6-9/h2-6,8,16H,7H2,1H3,(H,18,19). The number of hydrogen-bond acceptors (Lipinski definition) is 4. The van der Waals surface area contributed by atoms with E-state index in [1.165, 1.54) is 19.2 Å². The molecule has 0 saturated carbocycles. The molecule has 2 aromatic rings. The fourth-order valence-corrected chi connectivity index (χ4v) is 1.65. The topological polar surface area (TPSA) is 71.5 Å². The minimum atomic E-state index is -1.28. The van der Waals surface area contributed by atoms with Crippen molar-refractivity contribution < 1.29 is 19.0 Å². The SMILES string of the molecule is COc1ccc(NCc2ccc(C(=O)O)c(F)c2)cn1. The molecule has 0 aliphatic rings. The van der Waals surface area contributed by atoms with Gasteiger partial charge in [-0.1, -0.05) is 6.07 Å². The molecule has 1 aromatic carbocycles. The van der Waals surface area contributed by atoms with Crippen LogP contribution in [0.5, 0.6) is 5.88 Å². The maximum atomic E-state index is 13.5. The van der Waals surface area contributed by atoms with Gasteiger partial charge in [0.1, 0.15) is 5.82 Å². The Kier molecular flexibility index (Phi) is 4.14. The lowest BCUT2D eigenvalue weighted by Gasteiger charge is -2.07. The number of hydrogen-bond donors (Lipinski definition) is 2. The molecular weight excluding hydrogens is 263 g/mol. The van der Waals surface area contributed by atoms with E-state index in [0.717, 1.165) is 5.69 Å². The van der Waals surface area contributed by atoms with Crippen LogP contribution in [-0.4, -0.2) is 23.2 Å². The highest BCUT2D eigenvalue weighted by atomic mass is 19.1. The number of halogens is 1. The van der Waals surface area contributed by atoms with Crippen LogP contribution in [0.4, 0.5) is 10.1 Å². The molecule has 0 saturated heterocycles. The van der Waals surface area contributed by atoms with Crippen molar-refractivity contribution in [3.8, 4) is 5.88 Å². The average molecular weight is 276 g/mol. The second-order valence-electron chi connectivity index (χ2n) is 4.06. The molecular formula is C14H13FN2O3. The molecule has 0 spiro atoms. The monoisotopic (exact) mass is 276 g/mol. The van der Waals surface area contributed by atoms with Crippen LogP contribution >= 0.6 is 0 Å². The van der Waals surface area contributed by atoms with E-state index >= 15 is 0 Å². The molecule has 104 valence electrons. The normalized spacial score (nSPS) is 10.1. The average Bonchev–Trinajstić information content (AvgIpc) is 2.45. The van der Waals surface area contributed by atoms with Crippen LogP contribution in [0.25, 0.3) is 0 Å². The zero-order valence-electron chi connectivity index (χ0n) is 10.8. The van der Waals surface area contributed by atoms with Gasteiger partial charge < -0.3 is 15.2 Å². The van der Waals surface area contributed by atoms with Crippen LogP contribution in [0.1, 0.15) is 15.9 Å². The molecule has 20 heavy (non-hydrogen) atoms. The number of methoxy groups -OCH3 is 1. The number of benzene rings is 1. The number of carboxylic acids is 1. The maximum absolute atomic E-state index is 13.5. The number of anilines is 1. The summed E-state index contributed by atoms with van der Waals surface area (Å²) in [6, 6.07) is 7.51. The third kappa shape index (κ3) is 3.23. The largest absolute Gasteiger partial charge is 0.481 e. The Bertz CT molecular complexity index is 614. The molecule has 0 atom stereocenters. The van der Waals surface area contributed by atoms with E-state index < -0.39 is 11.8 Å². The summed E-state index contributed by atoms with van der Waals surface area (Å²) in [6.07, 6.45) is 1.60. The third-order valence-corrected chi connectivity index (χ3v) is 2.71. The number of carbonyl (C=O) groups is 1. The zero-order valence-corrected chi connectivity index (χ0v) is 10.8. The third-order valence-electron chi connectivity index (χ3n) is 2.71. The van der Waals surface area contributed by atoms with Gasteiger partial charge >= 0.3 is 5.97 Å². The van der Waals surface area contributed by atoms with Gasteiger partial charge in [-0.15, -0.1) is 0 Å². The molecule has 1 aromatic heterocycles. The van der Waals surface area contributed by atoms with Crippen LogP contribution in [-0.2, 0) is 6.54 Å². The van der Waals surface area contributed by atoms with Gasteiger partial charge in [0, 0.05) is 12.6 Å². The fourth-order valence-electron chi connectivity index (χ4n) is 1.65. The first-order chi connectivity index (χ1) is 9.60. The summed E-state index contributed by atoms with van der Waals surface area (Å²) in [4.78, 5) is 14.7. The number of aromatic nitrogens is 1. The molecule has 0 aliphatic carbocycles. The minimum absolute atomic E-state index is 0.333. The Balaban J connectivity index is 2.03. The van der Waals surface area contributed by atoms with Gasteiger partial charge in [0.2, 0.25) is 5.88 Å². The Labute approximate surface area is 115 Å². The quantitative estimate of drug-likeness (QED) is 0.878. The lowest BCUT2D eigenvalue weighted by molar-refractivity contribution is 0.0692. The summed E-state index contributed by atoms with van der Waals surface area (Å²) in [6.45, 7) is 0.366. The van der Waals surface area contributed by atoms with Gasteiger partial charge in [-0.3, -0.25) is 0 Å². The van der Waals surface area contributed by atoms with Crippen LogP contribution in [0, 0.1) is 5.82 Å². The van der Waals surface area contributed by atoms with Crippen molar-refractivity contribution in [1.29, 1.82) is 0 Å². The lowest BCUT2D eigenvalue weighted by atomic mass is 10.1. The Morgan fingerprint density at radius 1 is 1.40 bits per heavy atom. The van der Waals surface area contributed by atoms with E-state index in [4.69, 9.17) is 9.84 Å². The number of nitrogens with zero attached hydrogens (tertiary/aromatic N) is 1. The molecule has 6 heteroatoms. The first-order valence-electron chi connectivity index (χ1n) is 5.86. The summed E-state index contributed by atoms with van der Waals surface area (Å²) in [7, 11) is 1.53. The van der Waals surface area contributed by atoms with Gasteiger partial charge in [0.05, 0.1) is 24.6 Å². The Hall–Kier alpha value is -2.63. The number of nitrogens with one attached hydrogen (secondary N) is 1. The van der Waals surface area contributed by atoms with Crippen molar-refractivity contribution in [2.45, 2.75) is 6.54 Å². The van der Waals surface area contributed by atoms with Gasteiger partial charge in [0.15, 0.2) is 0 Å². The lowest BCUT2D eigenvalue weighted by Crippen LogP contribution is -2.04. The smallest absolute Gasteiger partial charge is 0.338 e. The summed E-state index contributed by atoms with van der Waals surface area (Å²) < 4.78 is 18.4. The highest BCUT2D eigenvalue weighted by molar-refractivity contribution is 5.87. The number of carboxylic acid groups (broad SMARTS) is 1. The molecule has 2 rings (SSSR count). The van der Waals surface area contributed by atoms with E-state index in [-0.39, 0.29) is 5.56 Å². The second-order valence-corrected chi connectivity index (χ2v) is 4.06. The first kappa shape index (κ1) is 13.8. The second kappa shape index (κ2) is 6.01. The number of ether oxygens (including phenoxy) is 1. The van der Waals surface area contributed by atoms with Gasteiger partial charge in [0.25, 0.3) is 0 Å². The summed E-state index contributed by atoms with van der Waals surface area (Å²) in [5.41, 5.74) is 1.07. The Morgan fingerprint density at radius 2 is 2.20 bits per heavy atom. The van der Waals surface area contributed by atoms with Crippen LogP contribution in [0.15, 0.2) is 36.5 Å². The zero-order chi connectivity index (χ0) is 14.5. The van der Waals surface area contributed by atoms with E-state index in [2.05, 4.69) is 10.3 Å². The molecule has 0 amide bonds. The van der Waals surface area contributed by atoms with E-state index in [9.17, 15) is 9.18 Å². The van der Waals surface area contributed by atoms with Crippen LogP contribution in [0.2, 0.25) is 0 Å². The number of rotatable bonds is 5. The minimum Gasteiger partial charge on any atom is -0.481 e. The fraction of sp³-hybridized carbons (Fsp3) is 0.143. The predicted octanol–water partition coefficient (Wildman–Crippen LogP) is 2.54. The molecule has 0 fully saturated rings. The first-order valence-corrected chi connectivity index (χ1v) is 5.86. The van der Waals surface area contributed by atoms with E-state index in [0.29, 0.717) is 18.0 Å². The Morgan fingerprint density at radius 3 is 2.75 bits per heavy atom. The highest BCUT2D eigenvalue weighted by Crippen LogP contribution is 2.14. The van der Waals surface area contributed by atoms with Crippen molar-refractivity contribution in [3.05, 3.63) is 53.5 Å². The summed E-state index contributed by atoms with van der Waals surface area (Å²) >= 11 is 0. The van der Waals surface area contributed by atoms with Crippen molar-refractivity contribution in [3.63, 3.8) is 0 Å². The molecule has 1 heterocycles. The highest BCUT2D eigenvalue weighted by Gasteiger charge is 2.10. The number of aromatic carboxylic acids is 1. The van der Waals surface area contributed by atoms with Gasteiger partial charge in [-0.25, -0.2) is 14.2 Å². The molecule has 0 bridgehead atoms. The van der Waals surface area contributed by atoms with Crippen molar-refractivity contribution in [1.82, 2.24) is 4.98 Å².